The number of rotatable bonds is 7. The molecule has 18 heavy (non-hydrogen) atoms. The van der Waals surface area contributed by atoms with E-state index in [0.29, 0.717) is 6.04 Å². The third-order valence-corrected chi connectivity index (χ3v) is 3.64. The van der Waals surface area contributed by atoms with Crippen molar-refractivity contribution in [3.05, 3.63) is 35.1 Å². The van der Waals surface area contributed by atoms with Gasteiger partial charge in [0.1, 0.15) is 5.82 Å². The number of halogens is 1. The Morgan fingerprint density at radius 3 is 2.83 bits per heavy atom. The maximum Gasteiger partial charge on any atom is 0.123 e. The zero-order valence-corrected chi connectivity index (χ0v) is 11.2. The van der Waals surface area contributed by atoms with Crippen LogP contribution in [0.25, 0.3) is 0 Å². The fraction of sp³-hybridized carbons (Fsp3) is 0.600. The van der Waals surface area contributed by atoms with Gasteiger partial charge < -0.3 is 10.1 Å². The maximum absolute atomic E-state index is 13.0. The van der Waals surface area contributed by atoms with E-state index in [1.807, 2.05) is 13.0 Å². The molecule has 0 saturated heterocycles. The normalized spacial score (nSPS) is 16.8. The summed E-state index contributed by atoms with van der Waals surface area (Å²) in [6, 6.07) is 5.50. The van der Waals surface area contributed by atoms with Crippen LogP contribution in [0.4, 0.5) is 4.39 Å². The standard InChI is InChI=1S/C15H22FNO/c1-11-9-14(16)6-5-12(11)7-8-17-15(10-18-2)13-3-4-13/h5-6,9,13,15,17H,3-4,7-8,10H2,1-2H3. The first kappa shape index (κ1) is 13.5. The highest BCUT2D eigenvalue weighted by molar-refractivity contribution is 5.26. The minimum absolute atomic E-state index is 0.153. The van der Waals surface area contributed by atoms with Crippen LogP contribution in [0.3, 0.4) is 0 Å². The van der Waals surface area contributed by atoms with Crippen molar-refractivity contribution in [2.24, 2.45) is 5.92 Å². The summed E-state index contributed by atoms with van der Waals surface area (Å²) >= 11 is 0. The molecule has 1 aliphatic rings. The lowest BCUT2D eigenvalue weighted by molar-refractivity contribution is 0.158. The molecule has 0 aliphatic heterocycles. The molecule has 100 valence electrons. The molecule has 0 radical (unpaired) electrons. The van der Waals surface area contributed by atoms with Gasteiger partial charge in [0.15, 0.2) is 0 Å². The van der Waals surface area contributed by atoms with Gasteiger partial charge in [0, 0.05) is 13.2 Å². The zero-order chi connectivity index (χ0) is 13.0. The molecule has 1 aromatic carbocycles. The highest BCUT2D eigenvalue weighted by atomic mass is 19.1. The lowest BCUT2D eigenvalue weighted by atomic mass is 10.1. The molecule has 2 rings (SSSR count). The molecule has 0 bridgehead atoms. The molecule has 1 atom stereocenters. The van der Waals surface area contributed by atoms with E-state index in [9.17, 15) is 4.39 Å². The van der Waals surface area contributed by atoms with Crippen LogP contribution in [-0.4, -0.2) is 26.3 Å². The van der Waals surface area contributed by atoms with Gasteiger partial charge in [-0.3, -0.25) is 0 Å². The van der Waals surface area contributed by atoms with Gasteiger partial charge in [-0.05, 0) is 61.9 Å². The first-order valence-electron chi connectivity index (χ1n) is 6.68. The number of nitrogens with one attached hydrogen (secondary N) is 1. The number of methoxy groups -OCH3 is 1. The van der Waals surface area contributed by atoms with E-state index < -0.39 is 0 Å². The number of aryl methyl sites for hydroxylation is 1. The van der Waals surface area contributed by atoms with E-state index in [4.69, 9.17) is 4.74 Å². The Labute approximate surface area is 109 Å². The SMILES string of the molecule is COCC(NCCc1ccc(F)cc1C)C1CC1. The Morgan fingerprint density at radius 1 is 1.44 bits per heavy atom. The van der Waals surface area contributed by atoms with Gasteiger partial charge in [-0.2, -0.15) is 0 Å². The minimum atomic E-state index is -0.153. The van der Waals surface area contributed by atoms with E-state index in [1.165, 1.54) is 24.5 Å². The Morgan fingerprint density at radius 2 is 2.22 bits per heavy atom. The predicted octanol–water partition coefficient (Wildman–Crippen LogP) is 2.69. The van der Waals surface area contributed by atoms with Crippen LogP contribution in [0.5, 0.6) is 0 Å². The smallest absolute Gasteiger partial charge is 0.123 e. The second-order valence-corrected chi connectivity index (χ2v) is 5.17. The molecule has 0 spiro atoms. The summed E-state index contributed by atoms with van der Waals surface area (Å²) in [7, 11) is 1.75. The fourth-order valence-electron chi connectivity index (χ4n) is 2.37. The van der Waals surface area contributed by atoms with Crippen LogP contribution in [-0.2, 0) is 11.2 Å². The van der Waals surface area contributed by atoms with Crippen LogP contribution >= 0.6 is 0 Å². The number of hydrogen-bond donors (Lipinski definition) is 1. The molecule has 0 amide bonds. The molecule has 2 nitrogen and oxygen atoms in total. The molecule has 1 saturated carbocycles. The van der Waals surface area contributed by atoms with Crippen molar-refractivity contribution < 1.29 is 9.13 Å². The first-order valence-corrected chi connectivity index (χ1v) is 6.68. The van der Waals surface area contributed by atoms with Crippen molar-refractivity contribution in [2.75, 3.05) is 20.3 Å². The van der Waals surface area contributed by atoms with E-state index in [1.54, 1.807) is 13.2 Å². The summed E-state index contributed by atoms with van der Waals surface area (Å²) < 4.78 is 18.2. The highest BCUT2D eigenvalue weighted by Crippen LogP contribution is 2.32. The largest absolute Gasteiger partial charge is 0.383 e. The lowest BCUT2D eigenvalue weighted by Gasteiger charge is -2.17. The van der Waals surface area contributed by atoms with Crippen LogP contribution in [0.15, 0.2) is 18.2 Å². The summed E-state index contributed by atoms with van der Waals surface area (Å²) in [5, 5.41) is 3.55. The number of benzene rings is 1. The van der Waals surface area contributed by atoms with Gasteiger partial charge in [0.25, 0.3) is 0 Å². The van der Waals surface area contributed by atoms with E-state index >= 15 is 0 Å². The third-order valence-electron chi connectivity index (χ3n) is 3.64. The summed E-state index contributed by atoms with van der Waals surface area (Å²) in [5.74, 6) is 0.638. The van der Waals surface area contributed by atoms with Crippen molar-refractivity contribution in [1.29, 1.82) is 0 Å². The van der Waals surface area contributed by atoms with Crippen LogP contribution in [0, 0.1) is 18.7 Å². The van der Waals surface area contributed by atoms with Crippen molar-refractivity contribution >= 4 is 0 Å². The molecule has 1 aromatic rings. The average molecular weight is 251 g/mol. The molecule has 0 heterocycles. The van der Waals surface area contributed by atoms with Gasteiger partial charge in [-0.25, -0.2) is 4.39 Å². The Hall–Kier alpha value is -0.930. The van der Waals surface area contributed by atoms with Gasteiger partial charge >= 0.3 is 0 Å². The summed E-state index contributed by atoms with van der Waals surface area (Å²) in [4.78, 5) is 0. The quantitative estimate of drug-likeness (QED) is 0.804. The van der Waals surface area contributed by atoms with Crippen molar-refractivity contribution in [1.82, 2.24) is 5.32 Å². The summed E-state index contributed by atoms with van der Waals surface area (Å²) in [6.45, 7) is 3.68. The average Bonchev–Trinajstić information content (AvgIpc) is 3.15. The Bertz CT molecular complexity index is 390. The number of hydrogen-bond acceptors (Lipinski definition) is 2. The third kappa shape index (κ3) is 3.79. The van der Waals surface area contributed by atoms with Gasteiger partial charge in [-0.1, -0.05) is 6.07 Å². The molecular weight excluding hydrogens is 229 g/mol. The fourth-order valence-corrected chi connectivity index (χ4v) is 2.37. The molecular formula is C15H22FNO. The van der Waals surface area contributed by atoms with E-state index in [-0.39, 0.29) is 5.82 Å². The maximum atomic E-state index is 13.0. The molecule has 3 heteroatoms. The second-order valence-electron chi connectivity index (χ2n) is 5.17. The minimum Gasteiger partial charge on any atom is -0.383 e. The highest BCUT2D eigenvalue weighted by Gasteiger charge is 2.30. The van der Waals surface area contributed by atoms with Crippen LogP contribution < -0.4 is 5.32 Å². The monoisotopic (exact) mass is 251 g/mol. The first-order chi connectivity index (χ1) is 8.70. The van der Waals surface area contributed by atoms with E-state index in [0.717, 1.165) is 31.1 Å². The zero-order valence-electron chi connectivity index (χ0n) is 11.2. The lowest BCUT2D eigenvalue weighted by Crippen LogP contribution is -2.36. The molecule has 0 aromatic heterocycles. The topological polar surface area (TPSA) is 21.3 Å². The second kappa shape index (κ2) is 6.30. The van der Waals surface area contributed by atoms with Crippen molar-refractivity contribution in [2.45, 2.75) is 32.2 Å². The van der Waals surface area contributed by atoms with Crippen LogP contribution in [0.1, 0.15) is 24.0 Å². The summed E-state index contributed by atoms with van der Waals surface area (Å²) in [6.07, 6.45) is 3.58. The van der Waals surface area contributed by atoms with E-state index in [2.05, 4.69) is 5.32 Å². The molecule has 1 fully saturated rings. The van der Waals surface area contributed by atoms with Crippen molar-refractivity contribution in [3.8, 4) is 0 Å². The molecule has 1 unspecified atom stereocenters. The van der Waals surface area contributed by atoms with Crippen LogP contribution in [0.2, 0.25) is 0 Å². The van der Waals surface area contributed by atoms with Gasteiger partial charge in [0.2, 0.25) is 0 Å². The number of ether oxygens (including phenoxy) is 1. The Balaban J connectivity index is 1.79. The molecule has 1 aliphatic carbocycles. The van der Waals surface area contributed by atoms with Crippen molar-refractivity contribution in [3.63, 3.8) is 0 Å². The van der Waals surface area contributed by atoms with Gasteiger partial charge in [0.05, 0.1) is 6.61 Å². The Kier molecular flexibility index (Phi) is 4.72. The molecule has 1 N–H and O–H groups in total. The van der Waals surface area contributed by atoms with Gasteiger partial charge in [-0.15, -0.1) is 0 Å². The predicted molar refractivity (Wildman–Crippen MR) is 71.2 cm³/mol. The summed E-state index contributed by atoms with van der Waals surface area (Å²) in [5.41, 5.74) is 2.25.